The van der Waals surface area contributed by atoms with Crippen molar-refractivity contribution < 1.29 is 23.5 Å². The van der Waals surface area contributed by atoms with Crippen LogP contribution >= 0.6 is 0 Å². The molecule has 1 fully saturated rings. The molecular weight excluding hydrogens is 298 g/mol. The molecule has 122 valence electrons. The van der Waals surface area contributed by atoms with E-state index in [9.17, 15) is 18.4 Å². The van der Waals surface area contributed by atoms with Gasteiger partial charge in [-0.05, 0) is 12.3 Å². The number of halogens is 2. The Kier molecular flexibility index (Phi) is 4.94. The number of hydrogen-bond donors (Lipinski definition) is 2. The molecule has 1 aliphatic heterocycles. The highest BCUT2D eigenvalue weighted by molar-refractivity contribution is 5.89. The van der Waals surface area contributed by atoms with Crippen molar-refractivity contribution in [2.75, 3.05) is 18.4 Å². The number of anilines is 1. The van der Waals surface area contributed by atoms with Gasteiger partial charge in [0.15, 0.2) is 0 Å². The van der Waals surface area contributed by atoms with Gasteiger partial charge in [-0.1, -0.05) is 6.92 Å². The Hall–Kier alpha value is -2.19. The first-order valence-electron chi connectivity index (χ1n) is 6.94. The van der Waals surface area contributed by atoms with Crippen molar-refractivity contribution in [1.29, 1.82) is 0 Å². The number of likely N-dealkylation sites (tertiary alicyclic amines) is 1. The second-order valence-corrected chi connectivity index (χ2v) is 5.55. The molecule has 9 heteroatoms. The van der Waals surface area contributed by atoms with Crippen molar-refractivity contribution in [2.24, 2.45) is 11.8 Å². The molecule has 2 amide bonds. The molecule has 7 nitrogen and oxygen atoms in total. The Morgan fingerprint density at radius 3 is 2.86 bits per heavy atom. The Balaban J connectivity index is 1.96. The number of carbonyl (C=O) groups is 2. The van der Waals surface area contributed by atoms with Crippen LogP contribution in [0.15, 0.2) is 12.4 Å². The number of amides is 2. The van der Waals surface area contributed by atoms with Crippen molar-refractivity contribution in [2.45, 2.75) is 26.3 Å². The first-order chi connectivity index (χ1) is 10.3. The van der Waals surface area contributed by atoms with Crippen molar-refractivity contribution in [3.8, 4) is 0 Å². The van der Waals surface area contributed by atoms with Crippen LogP contribution in [0.4, 0.5) is 19.3 Å². The summed E-state index contributed by atoms with van der Waals surface area (Å²) in [6.07, 6.45) is 0.600. The summed E-state index contributed by atoms with van der Waals surface area (Å²) in [4.78, 5) is 24.7. The summed E-state index contributed by atoms with van der Waals surface area (Å²) in [7, 11) is 0. The molecule has 0 saturated carbocycles. The smallest absolute Gasteiger partial charge is 0.321 e. The highest BCUT2D eigenvalue weighted by Crippen LogP contribution is 2.22. The number of rotatable bonds is 4. The quantitative estimate of drug-likeness (QED) is 0.885. The number of aromatic nitrogens is 2. The van der Waals surface area contributed by atoms with Crippen LogP contribution in [-0.4, -0.2) is 51.3 Å². The van der Waals surface area contributed by atoms with E-state index in [1.807, 2.05) is 6.92 Å². The van der Waals surface area contributed by atoms with E-state index in [0.717, 1.165) is 4.68 Å². The maximum atomic E-state index is 12.2. The number of piperidine rings is 1. The van der Waals surface area contributed by atoms with Crippen LogP contribution in [0.2, 0.25) is 0 Å². The van der Waals surface area contributed by atoms with E-state index in [1.54, 1.807) is 0 Å². The molecule has 1 aliphatic rings. The monoisotopic (exact) mass is 316 g/mol. The molecule has 2 N–H and O–H groups in total. The Bertz CT molecular complexity index is 549. The molecule has 2 atom stereocenters. The summed E-state index contributed by atoms with van der Waals surface area (Å²) in [6.45, 7) is 1.94. The lowest BCUT2D eigenvalue weighted by Crippen LogP contribution is -2.47. The van der Waals surface area contributed by atoms with Crippen molar-refractivity contribution in [1.82, 2.24) is 14.7 Å². The summed E-state index contributed by atoms with van der Waals surface area (Å²) < 4.78 is 25.5. The second kappa shape index (κ2) is 6.71. The van der Waals surface area contributed by atoms with E-state index < -0.39 is 30.9 Å². The molecule has 1 saturated heterocycles. The van der Waals surface area contributed by atoms with Gasteiger partial charge in [-0.25, -0.2) is 13.6 Å². The van der Waals surface area contributed by atoms with Crippen LogP contribution in [0, 0.1) is 11.8 Å². The molecule has 0 bridgehead atoms. The Morgan fingerprint density at radius 2 is 2.23 bits per heavy atom. The minimum absolute atomic E-state index is 0.0853. The molecule has 0 radical (unpaired) electrons. The summed E-state index contributed by atoms with van der Waals surface area (Å²) >= 11 is 0. The van der Waals surface area contributed by atoms with E-state index in [2.05, 4.69) is 10.4 Å². The fraction of sp³-hybridized carbons (Fsp3) is 0.615. The standard InChI is InChI=1S/C13H18F2N4O3/c1-8-2-9(12(20)21)5-18(4-8)13(22)17-10-3-16-19(6-10)7-11(14)15/h3,6,8-9,11H,2,4-5,7H2,1H3,(H,17,22)(H,20,21). The third-order valence-electron chi connectivity index (χ3n) is 3.51. The molecule has 2 unspecified atom stereocenters. The number of carbonyl (C=O) groups excluding carboxylic acids is 1. The normalized spacial score (nSPS) is 21.9. The van der Waals surface area contributed by atoms with Gasteiger partial charge in [0, 0.05) is 19.3 Å². The Morgan fingerprint density at radius 1 is 1.50 bits per heavy atom. The fourth-order valence-electron chi connectivity index (χ4n) is 2.57. The van der Waals surface area contributed by atoms with Gasteiger partial charge >= 0.3 is 12.0 Å². The zero-order valence-corrected chi connectivity index (χ0v) is 12.1. The van der Waals surface area contributed by atoms with Crippen LogP contribution in [-0.2, 0) is 11.3 Å². The minimum Gasteiger partial charge on any atom is -0.481 e. The third kappa shape index (κ3) is 4.15. The lowest BCUT2D eigenvalue weighted by Gasteiger charge is -2.34. The molecule has 0 spiro atoms. The molecule has 1 aromatic heterocycles. The van der Waals surface area contributed by atoms with Gasteiger partial charge in [-0.15, -0.1) is 0 Å². The van der Waals surface area contributed by atoms with Crippen LogP contribution in [0.25, 0.3) is 0 Å². The first kappa shape index (κ1) is 16.2. The van der Waals surface area contributed by atoms with Gasteiger partial charge in [0.2, 0.25) is 0 Å². The van der Waals surface area contributed by atoms with Gasteiger partial charge in [0.25, 0.3) is 6.43 Å². The number of nitrogens with zero attached hydrogens (tertiary/aromatic N) is 3. The minimum atomic E-state index is -2.53. The highest BCUT2D eigenvalue weighted by atomic mass is 19.3. The van der Waals surface area contributed by atoms with Gasteiger partial charge in [0.05, 0.1) is 17.8 Å². The second-order valence-electron chi connectivity index (χ2n) is 5.55. The maximum Gasteiger partial charge on any atom is 0.321 e. The molecular formula is C13H18F2N4O3. The summed E-state index contributed by atoms with van der Waals surface area (Å²) in [5, 5.41) is 15.4. The number of nitrogens with one attached hydrogen (secondary N) is 1. The van der Waals surface area contributed by atoms with Crippen molar-refractivity contribution in [3.63, 3.8) is 0 Å². The Labute approximate surface area is 125 Å². The van der Waals surface area contributed by atoms with Crippen LogP contribution in [0.3, 0.4) is 0 Å². The van der Waals surface area contributed by atoms with Gasteiger partial charge < -0.3 is 15.3 Å². The van der Waals surface area contributed by atoms with E-state index in [0.29, 0.717) is 18.7 Å². The number of aliphatic carboxylic acids is 1. The van der Waals surface area contributed by atoms with E-state index in [4.69, 9.17) is 5.11 Å². The van der Waals surface area contributed by atoms with E-state index in [1.165, 1.54) is 17.3 Å². The lowest BCUT2D eigenvalue weighted by atomic mass is 9.91. The predicted octanol–water partition coefficient (Wildman–Crippen LogP) is 1.72. The number of hydrogen-bond acceptors (Lipinski definition) is 3. The zero-order chi connectivity index (χ0) is 16.3. The summed E-state index contributed by atoms with van der Waals surface area (Å²) in [5.41, 5.74) is 0.302. The number of carboxylic acids is 1. The zero-order valence-electron chi connectivity index (χ0n) is 12.1. The maximum absolute atomic E-state index is 12.2. The lowest BCUT2D eigenvalue weighted by molar-refractivity contribution is -0.143. The number of urea groups is 1. The van der Waals surface area contributed by atoms with Crippen molar-refractivity contribution >= 4 is 17.7 Å². The molecule has 0 aromatic carbocycles. The van der Waals surface area contributed by atoms with Crippen LogP contribution in [0.1, 0.15) is 13.3 Å². The number of alkyl halides is 2. The van der Waals surface area contributed by atoms with Crippen LogP contribution in [0.5, 0.6) is 0 Å². The molecule has 22 heavy (non-hydrogen) atoms. The number of carboxylic acid groups (broad SMARTS) is 1. The predicted molar refractivity (Wildman–Crippen MR) is 73.7 cm³/mol. The topological polar surface area (TPSA) is 87.5 Å². The van der Waals surface area contributed by atoms with E-state index >= 15 is 0 Å². The van der Waals surface area contributed by atoms with Gasteiger partial charge in [-0.3, -0.25) is 9.48 Å². The fourth-order valence-corrected chi connectivity index (χ4v) is 2.57. The van der Waals surface area contributed by atoms with Gasteiger partial charge in [-0.2, -0.15) is 5.10 Å². The first-order valence-corrected chi connectivity index (χ1v) is 6.94. The third-order valence-corrected chi connectivity index (χ3v) is 3.51. The average Bonchev–Trinajstić information content (AvgIpc) is 2.84. The average molecular weight is 316 g/mol. The SMILES string of the molecule is CC1CC(C(=O)O)CN(C(=O)Nc2cnn(CC(F)F)c2)C1. The highest BCUT2D eigenvalue weighted by Gasteiger charge is 2.32. The molecule has 1 aromatic rings. The molecule has 2 heterocycles. The van der Waals surface area contributed by atoms with E-state index in [-0.39, 0.29) is 12.5 Å². The molecule has 2 rings (SSSR count). The van der Waals surface area contributed by atoms with Gasteiger partial charge in [0.1, 0.15) is 6.54 Å². The van der Waals surface area contributed by atoms with Crippen molar-refractivity contribution in [3.05, 3.63) is 12.4 Å². The molecule has 0 aliphatic carbocycles. The largest absolute Gasteiger partial charge is 0.481 e. The summed E-state index contributed by atoms with van der Waals surface area (Å²) in [5.74, 6) is -1.42. The summed E-state index contributed by atoms with van der Waals surface area (Å²) in [6, 6.07) is -0.450. The van der Waals surface area contributed by atoms with Crippen LogP contribution < -0.4 is 5.32 Å².